The van der Waals surface area contributed by atoms with E-state index in [1.165, 1.54) is 0 Å². The third kappa shape index (κ3) is 15.7. The Balaban J connectivity index is 0.000000217. The lowest BCUT2D eigenvalue weighted by Gasteiger charge is -2.09. The van der Waals surface area contributed by atoms with E-state index >= 15 is 0 Å². The summed E-state index contributed by atoms with van der Waals surface area (Å²) < 4.78 is 9.89. The zero-order valence-corrected chi connectivity index (χ0v) is 9.25. The van der Waals surface area contributed by atoms with Crippen molar-refractivity contribution < 1.29 is 29.2 Å². The Morgan fingerprint density at radius 2 is 1.31 bits per heavy atom. The average molecular weight is 239 g/mol. The van der Waals surface area contributed by atoms with Gasteiger partial charge in [-0.25, -0.2) is 9.78 Å². The zero-order valence-electron chi connectivity index (χ0n) is 9.25. The molecule has 0 amide bonds. The van der Waals surface area contributed by atoms with E-state index in [0.717, 1.165) is 39.9 Å². The molecule has 0 radical (unpaired) electrons. The van der Waals surface area contributed by atoms with Crippen molar-refractivity contribution in [1.29, 1.82) is 0 Å². The lowest BCUT2D eigenvalue weighted by Crippen LogP contribution is -2.16. The Morgan fingerprint density at radius 3 is 1.44 bits per heavy atom. The highest BCUT2D eigenvalue weighted by Crippen LogP contribution is 1.93. The molecule has 2 fully saturated rings. The van der Waals surface area contributed by atoms with Crippen LogP contribution in [0, 0.1) is 10.1 Å². The van der Waals surface area contributed by atoms with E-state index < -0.39 is 4.92 Å². The standard InChI is InChI=1S/C4H8O2.C3H6O3.CH3NO2/c1-2-6-4-3-5-1;1-2-4-6-5-3-1;1-2(3)4/h1-4H2;1-3H2;1H3. The first kappa shape index (κ1) is 15.2. The minimum Gasteiger partial charge on any atom is -0.377 e. The van der Waals surface area contributed by atoms with Crippen molar-refractivity contribution in [2.75, 3.05) is 46.7 Å². The van der Waals surface area contributed by atoms with E-state index in [1.54, 1.807) is 0 Å². The molecule has 2 saturated heterocycles. The van der Waals surface area contributed by atoms with Crippen LogP contribution in [-0.4, -0.2) is 51.6 Å². The van der Waals surface area contributed by atoms with Gasteiger partial charge in [0.1, 0.15) is 0 Å². The summed E-state index contributed by atoms with van der Waals surface area (Å²) in [6.07, 6.45) is 0.931. The Bertz CT molecular complexity index is 119. The number of hydrogen-bond donors (Lipinski definition) is 0. The van der Waals surface area contributed by atoms with E-state index in [9.17, 15) is 0 Å². The van der Waals surface area contributed by atoms with Gasteiger partial charge in [-0.15, -0.1) is 0 Å². The summed E-state index contributed by atoms with van der Waals surface area (Å²) in [5.74, 6) is 0. The van der Waals surface area contributed by atoms with E-state index in [4.69, 9.17) is 19.6 Å². The third-order valence-electron chi connectivity index (χ3n) is 1.30. The largest absolute Gasteiger partial charge is 0.377 e. The van der Waals surface area contributed by atoms with Gasteiger partial charge in [0.2, 0.25) is 0 Å². The van der Waals surface area contributed by atoms with Crippen molar-refractivity contribution >= 4 is 0 Å². The molecule has 0 aromatic carbocycles. The first-order valence-corrected chi connectivity index (χ1v) is 4.88. The van der Waals surface area contributed by atoms with Crippen molar-refractivity contribution in [3.05, 3.63) is 10.1 Å². The SMILES string of the molecule is C1COCCO1.C1COOOC1.C[N+](=O)[O-]. The van der Waals surface area contributed by atoms with Gasteiger partial charge in [-0.1, -0.05) is 5.04 Å². The second-order valence-electron chi connectivity index (χ2n) is 2.73. The number of rotatable bonds is 0. The summed E-state index contributed by atoms with van der Waals surface area (Å²) in [7, 11) is 0.889. The minimum atomic E-state index is -0.500. The molecule has 8 heteroatoms. The van der Waals surface area contributed by atoms with Crippen LogP contribution in [0.25, 0.3) is 0 Å². The molecule has 2 aliphatic heterocycles. The van der Waals surface area contributed by atoms with Crippen LogP contribution >= 0.6 is 0 Å². The van der Waals surface area contributed by atoms with Gasteiger partial charge in [-0.2, -0.15) is 0 Å². The fraction of sp³-hybridized carbons (Fsp3) is 1.00. The predicted molar refractivity (Wildman–Crippen MR) is 52.2 cm³/mol. The number of nitrogens with zero attached hydrogens (tertiary/aromatic N) is 1. The Hall–Kier alpha value is -0.800. The van der Waals surface area contributed by atoms with Gasteiger partial charge in [0, 0.05) is 11.3 Å². The van der Waals surface area contributed by atoms with Crippen LogP contribution in [0.1, 0.15) is 6.42 Å². The summed E-state index contributed by atoms with van der Waals surface area (Å²) in [5, 5.41) is 12.9. The molecule has 0 N–H and O–H groups in total. The van der Waals surface area contributed by atoms with Crippen molar-refractivity contribution in [2.45, 2.75) is 6.42 Å². The number of nitro groups is 1. The molecule has 16 heavy (non-hydrogen) atoms. The van der Waals surface area contributed by atoms with E-state index in [0.29, 0.717) is 13.2 Å². The second kappa shape index (κ2) is 12.3. The predicted octanol–water partition coefficient (Wildman–Crippen LogP) is 0.196. The van der Waals surface area contributed by atoms with E-state index in [2.05, 4.69) is 14.8 Å². The third-order valence-corrected chi connectivity index (χ3v) is 1.30. The Kier molecular flexibility index (Phi) is 11.7. The molecule has 0 aliphatic carbocycles. The molecule has 0 atom stereocenters. The highest BCUT2D eigenvalue weighted by molar-refractivity contribution is 4.37. The van der Waals surface area contributed by atoms with Gasteiger partial charge < -0.3 is 9.47 Å². The van der Waals surface area contributed by atoms with Crippen molar-refractivity contribution in [3.8, 4) is 0 Å². The van der Waals surface area contributed by atoms with Crippen LogP contribution in [0.4, 0.5) is 0 Å². The maximum Gasteiger partial charge on any atom is 0.194 e. The van der Waals surface area contributed by atoms with Crippen LogP contribution in [0.5, 0.6) is 0 Å². The molecular weight excluding hydrogens is 222 g/mol. The average Bonchev–Trinajstić information content (AvgIpc) is 2.34. The summed E-state index contributed by atoms with van der Waals surface area (Å²) in [6.45, 7) is 4.42. The van der Waals surface area contributed by atoms with Crippen LogP contribution in [-0.2, 0) is 24.3 Å². The normalized spacial score (nSPS) is 19.6. The van der Waals surface area contributed by atoms with Gasteiger partial charge >= 0.3 is 0 Å². The van der Waals surface area contributed by atoms with Crippen LogP contribution in [0.3, 0.4) is 0 Å². The molecule has 2 aliphatic rings. The number of ether oxygens (including phenoxy) is 2. The highest BCUT2D eigenvalue weighted by atomic mass is 17.5. The first-order valence-electron chi connectivity index (χ1n) is 4.88. The van der Waals surface area contributed by atoms with Crippen LogP contribution < -0.4 is 0 Å². The van der Waals surface area contributed by atoms with Crippen molar-refractivity contribution in [3.63, 3.8) is 0 Å². The fourth-order valence-corrected chi connectivity index (χ4v) is 0.719. The van der Waals surface area contributed by atoms with Crippen LogP contribution in [0.15, 0.2) is 0 Å². The maximum atomic E-state index is 8.81. The zero-order chi connectivity index (χ0) is 12.1. The summed E-state index contributed by atoms with van der Waals surface area (Å²) in [5.41, 5.74) is 0. The van der Waals surface area contributed by atoms with Crippen LogP contribution in [0.2, 0.25) is 0 Å². The molecule has 96 valence electrons. The van der Waals surface area contributed by atoms with E-state index in [-0.39, 0.29) is 0 Å². The fourth-order valence-electron chi connectivity index (χ4n) is 0.719. The number of hydrogen-bond acceptors (Lipinski definition) is 7. The quantitative estimate of drug-likeness (QED) is 0.338. The Morgan fingerprint density at radius 1 is 0.938 bits per heavy atom. The van der Waals surface area contributed by atoms with Gasteiger partial charge in [0.25, 0.3) is 0 Å². The topological polar surface area (TPSA) is 89.3 Å². The van der Waals surface area contributed by atoms with E-state index in [1.807, 2.05) is 0 Å². The molecule has 0 aromatic heterocycles. The maximum absolute atomic E-state index is 8.81. The highest BCUT2D eigenvalue weighted by Gasteiger charge is 1.96. The van der Waals surface area contributed by atoms with Crippen molar-refractivity contribution in [1.82, 2.24) is 0 Å². The lowest BCUT2D eigenvalue weighted by atomic mass is 10.5. The molecule has 0 spiro atoms. The van der Waals surface area contributed by atoms with Gasteiger partial charge in [-0.3, -0.25) is 10.1 Å². The van der Waals surface area contributed by atoms with Gasteiger partial charge in [0.05, 0.1) is 39.6 Å². The summed E-state index contributed by atoms with van der Waals surface area (Å²) in [4.78, 5) is 17.0. The summed E-state index contributed by atoms with van der Waals surface area (Å²) >= 11 is 0. The Labute approximate surface area is 93.4 Å². The smallest absolute Gasteiger partial charge is 0.194 e. The van der Waals surface area contributed by atoms with Gasteiger partial charge in [-0.05, 0) is 0 Å². The molecule has 2 heterocycles. The second-order valence-corrected chi connectivity index (χ2v) is 2.73. The molecule has 8 nitrogen and oxygen atoms in total. The van der Waals surface area contributed by atoms with Gasteiger partial charge in [0.15, 0.2) is 7.05 Å². The molecule has 0 saturated carbocycles. The molecule has 2 rings (SSSR count). The lowest BCUT2D eigenvalue weighted by molar-refractivity contribution is -0.532. The van der Waals surface area contributed by atoms with Crippen molar-refractivity contribution in [2.24, 2.45) is 0 Å². The minimum absolute atomic E-state index is 0.500. The molecule has 0 bridgehead atoms. The molecular formula is C8H17NO7. The monoisotopic (exact) mass is 239 g/mol. The molecule has 0 unspecified atom stereocenters. The first-order chi connectivity index (χ1) is 7.73. The molecule has 0 aromatic rings. The summed E-state index contributed by atoms with van der Waals surface area (Å²) in [6, 6.07) is 0.